The summed E-state index contributed by atoms with van der Waals surface area (Å²) in [6, 6.07) is 8.00. The Morgan fingerprint density at radius 2 is 1.94 bits per heavy atom. The molecule has 2 amide bonds. The molecule has 4 rings (SSSR count). The fraction of sp³-hybridized carbons (Fsp3) is 0.500. The van der Waals surface area contributed by atoms with Crippen molar-refractivity contribution in [3.05, 3.63) is 59.8 Å². The van der Waals surface area contributed by atoms with Crippen LogP contribution in [0.1, 0.15) is 74.7 Å². The lowest BCUT2D eigenvalue weighted by Crippen LogP contribution is -2.45. The molecule has 0 aliphatic heterocycles. The van der Waals surface area contributed by atoms with E-state index < -0.39 is 5.54 Å². The fourth-order valence-electron chi connectivity index (χ4n) is 4.47. The van der Waals surface area contributed by atoms with Crippen molar-refractivity contribution < 1.29 is 14.1 Å². The van der Waals surface area contributed by atoms with Crippen molar-refractivity contribution in [2.75, 3.05) is 0 Å². The van der Waals surface area contributed by atoms with E-state index >= 15 is 0 Å². The SMILES string of the molecule is CC(=O)NC1(c2noc(CCC(=O)NCc3cccc(Cn4cncn4)c3)n2)CCCCCC1. The van der Waals surface area contributed by atoms with Crippen LogP contribution in [0.2, 0.25) is 0 Å². The number of nitrogens with one attached hydrogen (secondary N) is 2. The van der Waals surface area contributed by atoms with E-state index in [-0.39, 0.29) is 18.2 Å². The summed E-state index contributed by atoms with van der Waals surface area (Å²) in [5.41, 5.74) is 1.52. The topological polar surface area (TPSA) is 128 Å². The number of rotatable bonds is 9. The highest BCUT2D eigenvalue weighted by Crippen LogP contribution is 2.34. The zero-order valence-electron chi connectivity index (χ0n) is 19.5. The van der Waals surface area contributed by atoms with Gasteiger partial charge < -0.3 is 15.2 Å². The first-order valence-corrected chi connectivity index (χ1v) is 11.8. The Balaban J connectivity index is 1.29. The van der Waals surface area contributed by atoms with Crippen LogP contribution in [-0.4, -0.2) is 36.7 Å². The zero-order chi connectivity index (χ0) is 23.8. The average Bonchev–Trinajstić information content (AvgIpc) is 3.46. The van der Waals surface area contributed by atoms with Crippen LogP contribution in [0.5, 0.6) is 0 Å². The first-order valence-electron chi connectivity index (χ1n) is 11.8. The van der Waals surface area contributed by atoms with E-state index in [1.165, 1.54) is 13.3 Å². The molecule has 0 atom stereocenters. The van der Waals surface area contributed by atoms with Gasteiger partial charge in [0.1, 0.15) is 18.2 Å². The smallest absolute Gasteiger partial charge is 0.227 e. The van der Waals surface area contributed by atoms with Crippen molar-refractivity contribution in [1.82, 2.24) is 35.5 Å². The van der Waals surface area contributed by atoms with Crippen molar-refractivity contribution in [1.29, 1.82) is 0 Å². The predicted molar refractivity (Wildman–Crippen MR) is 123 cm³/mol. The average molecular weight is 466 g/mol. The maximum atomic E-state index is 12.4. The molecule has 0 unspecified atom stereocenters. The second kappa shape index (κ2) is 11.0. The lowest BCUT2D eigenvalue weighted by atomic mass is 9.89. The van der Waals surface area contributed by atoms with Gasteiger partial charge in [-0.3, -0.25) is 9.59 Å². The molecule has 34 heavy (non-hydrogen) atoms. The molecule has 3 aromatic rings. The maximum Gasteiger partial charge on any atom is 0.227 e. The first-order chi connectivity index (χ1) is 16.5. The fourth-order valence-corrected chi connectivity index (χ4v) is 4.47. The zero-order valence-corrected chi connectivity index (χ0v) is 19.5. The number of carbonyl (C=O) groups excluding carboxylic acids is 2. The van der Waals surface area contributed by atoms with Crippen LogP contribution in [-0.2, 0) is 34.6 Å². The van der Waals surface area contributed by atoms with Gasteiger partial charge in [-0.05, 0) is 24.0 Å². The molecule has 10 heteroatoms. The minimum Gasteiger partial charge on any atom is -0.352 e. The van der Waals surface area contributed by atoms with Gasteiger partial charge in [0.25, 0.3) is 0 Å². The van der Waals surface area contributed by atoms with E-state index in [1.807, 2.05) is 24.3 Å². The summed E-state index contributed by atoms with van der Waals surface area (Å²) in [6.07, 6.45) is 9.64. The van der Waals surface area contributed by atoms with Gasteiger partial charge in [-0.1, -0.05) is 55.1 Å². The quantitative estimate of drug-likeness (QED) is 0.465. The van der Waals surface area contributed by atoms with E-state index in [0.717, 1.165) is 49.7 Å². The number of carbonyl (C=O) groups is 2. The Morgan fingerprint density at radius 1 is 1.15 bits per heavy atom. The monoisotopic (exact) mass is 465 g/mol. The summed E-state index contributed by atoms with van der Waals surface area (Å²) in [5.74, 6) is 0.739. The van der Waals surface area contributed by atoms with E-state index in [2.05, 4.69) is 30.9 Å². The molecule has 0 radical (unpaired) electrons. The molecular formula is C24H31N7O3. The van der Waals surface area contributed by atoms with Crippen molar-refractivity contribution in [3.8, 4) is 0 Å². The highest BCUT2D eigenvalue weighted by molar-refractivity contribution is 5.76. The third kappa shape index (κ3) is 6.27. The minimum atomic E-state index is -0.580. The summed E-state index contributed by atoms with van der Waals surface area (Å²) >= 11 is 0. The van der Waals surface area contributed by atoms with Crippen LogP contribution in [0, 0.1) is 0 Å². The number of hydrogen-bond donors (Lipinski definition) is 2. The van der Waals surface area contributed by atoms with Crippen LogP contribution in [0.3, 0.4) is 0 Å². The molecule has 2 N–H and O–H groups in total. The van der Waals surface area contributed by atoms with Crippen LogP contribution in [0.25, 0.3) is 0 Å². The summed E-state index contributed by atoms with van der Waals surface area (Å²) in [4.78, 5) is 32.8. The minimum absolute atomic E-state index is 0.0903. The lowest BCUT2D eigenvalue weighted by Gasteiger charge is -2.30. The van der Waals surface area contributed by atoms with Crippen LogP contribution >= 0.6 is 0 Å². The van der Waals surface area contributed by atoms with Gasteiger partial charge in [0.05, 0.1) is 6.54 Å². The van der Waals surface area contributed by atoms with Gasteiger partial charge in [-0.25, -0.2) is 9.67 Å². The third-order valence-electron chi connectivity index (χ3n) is 6.13. The van der Waals surface area contributed by atoms with E-state index in [0.29, 0.717) is 31.2 Å². The molecule has 2 aromatic heterocycles. The Bertz CT molecular complexity index is 1090. The summed E-state index contributed by atoms with van der Waals surface area (Å²) in [5, 5.41) is 14.3. The number of hydrogen-bond acceptors (Lipinski definition) is 7. The maximum absolute atomic E-state index is 12.4. The van der Waals surface area contributed by atoms with Gasteiger partial charge in [0, 0.05) is 26.3 Å². The number of aryl methyl sites for hydroxylation is 1. The van der Waals surface area contributed by atoms with Crippen LogP contribution in [0.15, 0.2) is 41.4 Å². The van der Waals surface area contributed by atoms with Crippen molar-refractivity contribution >= 4 is 11.8 Å². The highest BCUT2D eigenvalue weighted by atomic mass is 16.5. The van der Waals surface area contributed by atoms with E-state index in [1.54, 1.807) is 11.0 Å². The molecule has 180 valence electrons. The molecule has 0 spiro atoms. The Hall–Kier alpha value is -3.56. The molecule has 1 saturated carbocycles. The van der Waals surface area contributed by atoms with Crippen molar-refractivity contribution in [2.24, 2.45) is 0 Å². The molecule has 1 fully saturated rings. The number of amides is 2. The van der Waals surface area contributed by atoms with Gasteiger partial charge in [-0.2, -0.15) is 10.1 Å². The summed E-state index contributed by atoms with van der Waals surface area (Å²) in [6.45, 7) is 2.58. The summed E-state index contributed by atoms with van der Waals surface area (Å²) in [7, 11) is 0. The number of aromatic nitrogens is 5. The van der Waals surface area contributed by atoms with Crippen LogP contribution < -0.4 is 10.6 Å². The van der Waals surface area contributed by atoms with Crippen molar-refractivity contribution in [3.63, 3.8) is 0 Å². The molecule has 1 aliphatic rings. The second-order valence-electron chi connectivity index (χ2n) is 8.88. The first kappa shape index (κ1) is 23.6. The molecule has 0 bridgehead atoms. The second-order valence-corrected chi connectivity index (χ2v) is 8.88. The highest BCUT2D eigenvalue weighted by Gasteiger charge is 2.38. The Morgan fingerprint density at radius 3 is 2.68 bits per heavy atom. The largest absolute Gasteiger partial charge is 0.352 e. The standard InChI is InChI=1S/C24H31N7O3/c1-18(32)29-24(11-4-2-3-5-12-24)23-28-22(34-30-23)10-9-21(33)26-14-19-7-6-8-20(13-19)15-31-17-25-16-27-31/h6-8,13,16-17H,2-5,9-12,14-15H2,1H3,(H,26,33)(H,29,32). The molecule has 1 aliphatic carbocycles. The van der Waals surface area contributed by atoms with Gasteiger partial charge in [0.15, 0.2) is 5.82 Å². The number of benzene rings is 1. The Kier molecular flexibility index (Phi) is 7.66. The van der Waals surface area contributed by atoms with Gasteiger partial charge in [0.2, 0.25) is 17.7 Å². The molecule has 1 aromatic carbocycles. The molecular weight excluding hydrogens is 434 g/mol. The molecule has 2 heterocycles. The Labute approximate surface area is 198 Å². The normalized spacial score (nSPS) is 15.4. The van der Waals surface area contributed by atoms with E-state index in [4.69, 9.17) is 4.52 Å². The third-order valence-corrected chi connectivity index (χ3v) is 6.13. The molecule has 0 saturated heterocycles. The van der Waals surface area contributed by atoms with Crippen LogP contribution in [0.4, 0.5) is 0 Å². The summed E-state index contributed by atoms with van der Waals surface area (Å²) < 4.78 is 7.19. The van der Waals surface area contributed by atoms with Gasteiger partial charge in [-0.15, -0.1) is 0 Å². The number of nitrogens with zero attached hydrogens (tertiary/aromatic N) is 5. The van der Waals surface area contributed by atoms with Crippen molar-refractivity contribution in [2.45, 2.75) is 76.9 Å². The lowest BCUT2D eigenvalue weighted by molar-refractivity contribution is -0.122. The van der Waals surface area contributed by atoms with E-state index in [9.17, 15) is 9.59 Å². The molecule has 10 nitrogen and oxygen atoms in total. The predicted octanol–water partition coefficient (Wildman–Crippen LogP) is 2.64. The van der Waals surface area contributed by atoms with Gasteiger partial charge >= 0.3 is 0 Å².